The molecule has 0 unspecified atom stereocenters. The SMILES string of the molecule is COCCNCCNC(=O)c1cccc(OCc2cscn2)c1. The number of benzene rings is 1. The molecule has 2 aromatic rings. The molecular weight excluding hydrogens is 314 g/mol. The molecule has 6 nitrogen and oxygen atoms in total. The number of amides is 1. The second-order valence-corrected chi connectivity index (χ2v) is 5.51. The van der Waals surface area contributed by atoms with Gasteiger partial charge in [-0.05, 0) is 18.2 Å². The molecule has 23 heavy (non-hydrogen) atoms. The van der Waals surface area contributed by atoms with Gasteiger partial charge in [0.25, 0.3) is 5.91 Å². The van der Waals surface area contributed by atoms with Crippen molar-refractivity contribution in [2.45, 2.75) is 6.61 Å². The van der Waals surface area contributed by atoms with Crippen LogP contribution in [-0.2, 0) is 11.3 Å². The normalized spacial score (nSPS) is 10.5. The van der Waals surface area contributed by atoms with E-state index in [9.17, 15) is 4.79 Å². The van der Waals surface area contributed by atoms with Crippen LogP contribution in [0.25, 0.3) is 0 Å². The van der Waals surface area contributed by atoms with E-state index >= 15 is 0 Å². The van der Waals surface area contributed by atoms with E-state index in [2.05, 4.69) is 15.6 Å². The molecule has 0 aliphatic heterocycles. The van der Waals surface area contributed by atoms with Crippen molar-refractivity contribution in [3.05, 3.63) is 46.4 Å². The highest BCUT2D eigenvalue weighted by atomic mass is 32.1. The fourth-order valence-corrected chi connectivity index (χ4v) is 2.40. The predicted molar refractivity (Wildman–Crippen MR) is 90.0 cm³/mol. The number of carbonyl (C=O) groups excluding carboxylic acids is 1. The quantitative estimate of drug-likeness (QED) is 0.647. The number of hydrogen-bond donors (Lipinski definition) is 2. The molecule has 0 aliphatic carbocycles. The monoisotopic (exact) mass is 335 g/mol. The van der Waals surface area contributed by atoms with E-state index in [1.807, 2.05) is 17.5 Å². The third kappa shape index (κ3) is 6.35. The van der Waals surface area contributed by atoms with Crippen molar-refractivity contribution < 1.29 is 14.3 Å². The second kappa shape index (κ2) is 9.94. The topological polar surface area (TPSA) is 72.5 Å². The number of nitrogens with one attached hydrogen (secondary N) is 2. The highest BCUT2D eigenvalue weighted by Gasteiger charge is 2.06. The summed E-state index contributed by atoms with van der Waals surface area (Å²) in [6.45, 7) is 3.10. The first-order chi connectivity index (χ1) is 11.3. The molecule has 124 valence electrons. The van der Waals surface area contributed by atoms with Gasteiger partial charge in [0.1, 0.15) is 12.4 Å². The molecule has 2 N–H and O–H groups in total. The Labute approximate surface area is 139 Å². The smallest absolute Gasteiger partial charge is 0.251 e. The molecule has 0 aliphatic rings. The Morgan fingerprint density at radius 3 is 3.00 bits per heavy atom. The van der Waals surface area contributed by atoms with E-state index in [0.29, 0.717) is 37.6 Å². The summed E-state index contributed by atoms with van der Waals surface area (Å²) in [5.41, 5.74) is 3.23. The van der Waals surface area contributed by atoms with Gasteiger partial charge in [-0.15, -0.1) is 11.3 Å². The summed E-state index contributed by atoms with van der Waals surface area (Å²) >= 11 is 1.53. The summed E-state index contributed by atoms with van der Waals surface area (Å²) in [5, 5.41) is 7.97. The fourth-order valence-electron chi connectivity index (χ4n) is 1.86. The van der Waals surface area contributed by atoms with E-state index in [1.54, 1.807) is 24.8 Å². The molecule has 0 saturated heterocycles. The van der Waals surface area contributed by atoms with Crippen LogP contribution in [0.2, 0.25) is 0 Å². The standard InChI is InChI=1S/C16H21N3O3S/c1-21-8-7-17-5-6-18-16(20)13-3-2-4-15(9-13)22-10-14-11-23-12-19-14/h2-4,9,11-12,17H,5-8,10H2,1H3,(H,18,20). The highest BCUT2D eigenvalue weighted by molar-refractivity contribution is 7.07. The van der Waals surface area contributed by atoms with Crippen molar-refractivity contribution in [3.8, 4) is 5.75 Å². The van der Waals surface area contributed by atoms with Gasteiger partial charge in [-0.3, -0.25) is 4.79 Å². The van der Waals surface area contributed by atoms with E-state index in [1.165, 1.54) is 11.3 Å². The van der Waals surface area contributed by atoms with Crippen molar-refractivity contribution in [3.63, 3.8) is 0 Å². The van der Waals surface area contributed by atoms with Gasteiger partial charge in [0, 0.05) is 37.7 Å². The number of ether oxygens (including phenoxy) is 2. The van der Waals surface area contributed by atoms with Gasteiger partial charge < -0.3 is 20.1 Å². The first-order valence-corrected chi connectivity index (χ1v) is 8.31. The largest absolute Gasteiger partial charge is 0.487 e. The average Bonchev–Trinajstić information content (AvgIpc) is 3.10. The minimum absolute atomic E-state index is 0.113. The Kier molecular flexibility index (Phi) is 7.51. The lowest BCUT2D eigenvalue weighted by Crippen LogP contribution is -2.33. The van der Waals surface area contributed by atoms with Gasteiger partial charge in [-0.1, -0.05) is 6.07 Å². The maximum Gasteiger partial charge on any atom is 0.251 e. The Balaban J connectivity index is 1.75. The number of thiazole rings is 1. The summed E-state index contributed by atoms with van der Waals surface area (Å²) in [6, 6.07) is 7.14. The Hall–Kier alpha value is -1.96. The molecule has 0 bridgehead atoms. The zero-order valence-electron chi connectivity index (χ0n) is 13.1. The minimum Gasteiger partial charge on any atom is -0.487 e. The molecule has 0 saturated carbocycles. The van der Waals surface area contributed by atoms with Crippen LogP contribution in [0.5, 0.6) is 5.75 Å². The maximum atomic E-state index is 12.1. The maximum absolute atomic E-state index is 12.1. The number of hydrogen-bond acceptors (Lipinski definition) is 6. The number of nitrogens with zero attached hydrogens (tertiary/aromatic N) is 1. The zero-order valence-corrected chi connectivity index (χ0v) is 13.9. The Morgan fingerprint density at radius 2 is 2.22 bits per heavy atom. The van der Waals surface area contributed by atoms with Crippen LogP contribution in [0.15, 0.2) is 35.2 Å². The third-order valence-electron chi connectivity index (χ3n) is 3.04. The summed E-state index contributed by atoms with van der Waals surface area (Å²) in [5.74, 6) is 0.543. The molecule has 0 radical (unpaired) electrons. The third-order valence-corrected chi connectivity index (χ3v) is 3.67. The zero-order chi connectivity index (χ0) is 16.3. The van der Waals surface area contributed by atoms with Crippen molar-refractivity contribution in [2.24, 2.45) is 0 Å². The number of methoxy groups -OCH3 is 1. The summed E-state index contributed by atoms with van der Waals surface area (Å²) < 4.78 is 10.6. The fraction of sp³-hybridized carbons (Fsp3) is 0.375. The van der Waals surface area contributed by atoms with Crippen molar-refractivity contribution in [2.75, 3.05) is 33.4 Å². The van der Waals surface area contributed by atoms with E-state index in [4.69, 9.17) is 9.47 Å². The van der Waals surface area contributed by atoms with Gasteiger partial charge in [0.15, 0.2) is 0 Å². The number of aromatic nitrogens is 1. The van der Waals surface area contributed by atoms with Gasteiger partial charge in [0.2, 0.25) is 0 Å². The van der Waals surface area contributed by atoms with Crippen molar-refractivity contribution in [1.29, 1.82) is 0 Å². The molecule has 1 heterocycles. The lowest BCUT2D eigenvalue weighted by molar-refractivity contribution is 0.0953. The molecule has 0 atom stereocenters. The van der Waals surface area contributed by atoms with Gasteiger partial charge >= 0.3 is 0 Å². The van der Waals surface area contributed by atoms with Crippen LogP contribution in [0.3, 0.4) is 0 Å². The molecule has 1 aromatic heterocycles. The van der Waals surface area contributed by atoms with Crippen LogP contribution >= 0.6 is 11.3 Å². The Bertz CT molecular complexity index is 590. The molecule has 0 spiro atoms. The molecule has 0 fully saturated rings. The number of rotatable bonds is 10. The molecular formula is C16H21N3O3S. The summed E-state index contributed by atoms with van der Waals surface area (Å²) in [7, 11) is 1.66. The van der Waals surface area contributed by atoms with Gasteiger partial charge in [-0.25, -0.2) is 4.98 Å². The minimum atomic E-state index is -0.113. The van der Waals surface area contributed by atoms with Crippen molar-refractivity contribution >= 4 is 17.2 Å². The van der Waals surface area contributed by atoms with Crippen LogP contribution in [0.1, 0.15) is 16.1 Å². The second-order valence-electron chi connectivity index (χ2n) is 4.79. The first kappa shape index (κ1) is 17.4. The molecule has 1 amide bonds. The molecule has 1 aromatic carbocycles. The Morgan fingerprint density at radius 1 is 1.30 bits per heavy atom. The lowest BCUT2D eigenvalue weighted by Gasteiger charge is -2.08. The van der Waals surface area contributed by atoms with Gasteiger partial charge in [0.05, 0.1) is 17.8 Å². The van der Waals surface area contributed by atoms with E-state index < -0.39 is 0 Å². The first-order valence-electron chi connectivity index (χ1n) is 7.37. The molecule has 2 rings (SSSR count). The van der Waals surface area contributed by atoms with Gasteiger partial charge in [-0.2, -0.15) is 0 Å². The van der Waals surface area contributed by atoms with E-state index in [-0.39, 0.29) is 5.91 Å². The van der Waals surface area contributed by atoms with Crippen molar-refractivity contribution in [1.82, 2.24) is 15.6 Å². The number of carbonyl (C=O) groups is 1. The highest BCUT2D eigenvalue weighted by Crippen LogP contribution is 2.15. The van der Waals surface area contributed by atoms with Crippen LogP contribution in [0.4, 0.5) is 0 Å². The predicted octanol–water partition coefficient (Wildman–Crippen LogP) is 1.69. The van der Waals surface area contributed by atoms with E-state index in [0.717, 1.165) is 12.2 Å². The average molecular weight is 335 g/mol. The lowest BCUT2D eigenvalue weighted by atomic mass is 10.2. The van der Waals surface area contributed by atoms with Crippen LogP contribution in [0, 0.1) is 0 Å². The summed E-state index contributed by atoms with van der Waals surface area (Å²) in [4.78, 5) is 16.2. The van der Waals surface area contributed by atoms with Crippen LogP contribution < -0.4 is 15.4 Å². The summed E-state index contributed by atoms with van der Waals surface area (Å²) in [6.07, 6.45) is 0. The van der Waals surface area contributed by atoms with Crippen LogP contribution in [-0.4, -0.2) is 44.2 Å². The molecule has 7 heteroatoms.